The fourth-order valence-electron chi connectivity index (χ4n) is 5.54. The predicted octanol–water partition coefficient (Wildman–Crippen LogP) is 6.83. The highest BCUT2D eigenvalue weighted by molar-refractivity contribution is 5.75. The van der Waals surface area contributed by atoms with E-state index in [1.165, 1.54) is 17.1 Å². The second-order valence-corrected chi connectivity index (χ2v) is 12.4. The van der Waals surface area contributed by atoms with Gasteiger partial charge in [0.25, 0.3) is 0 Å². The Morgan fingerprint density at radius 3 is 1.28 bits per heavy atom. The number of aromatic amines is 4. The van der Waals surface area contributed by atoms with Crippen LogP contribution in [0.15, 0.2) is 48.5 Å². The zero-order valence-electron chi connectivity index (χ0n) is 22.7. The quantitative estimate of drug-likeness (QED) is 0.183. The lowest BCUT2D eigenvalue weighted by Crippen LogP contribution is -2.26. The number of hydrogen-bond donors (Lipinski definition) is 4. The van der Waals surface area contributed by atoms with Crippen LogP contribution in [-0.2, 0) is 26.5 Å². The molecule has 0 aromatic carbocycles. The lowest BCUT2D eigenvalue weighted by molar-refractivity contribution is -0.104. The third-order valence-electron chi connectivity index (χ3n) is 8.60. The van der Waals surface area contributed by atoms with E-state index in [0.29, 0.717) is 0 Å². The Hall–Kier alpha value is -3.47. The minimum atomic E-state index is -0.341. The molecule has 0 saturated heterocycles. The van der Waals surface area contributed by atoms with Crippen LogP contribution in [0.1, 0.15) is 107 Å². The van der Waals surface area contributed by atoms with Gasteiger partial charge in [-0.05, 0) is 116 Å². The van der Waals surface area contributed by atoms with E-state index in [0.717, 1.165) is 40.3 Å². The number of aromatic nitrogens is 4. The number of nitrogens with one attached hydrogen (secondary N) is 4. The topological polar surface area (TPSA) is 80.2 Å². The molecule has 0 amide bonds. The molecule has 8 bridgehead atoms. The van der Waals surface area contributed by atoms with Gasteiger partial charge in [0.05, 0.1) is 0 Å². The van der Waals surface area contributed by atoms with Gasteiger partial charge in [-0.25, -0.2) is 0 Å². The molecule has 4 aromatic rings. The van der Waals surface area contributed by atoms with Crippen molar-refractivity contribution in [2.75, 3.05) is 0 Å². The van der Waals surface area contributed by atoms with Crippen LogP contribution in [0.3, 0.4) is 0 Å². The van der Waals surface area contributed by atoms with Gasteiger partial charge in [-0.2, -0.15) is 0 Å². The molecule has 1 aliphatic rings. The number of aldehydes is 1. The Bertz CT molecular complexity index is 1460. The van der Waals surface area contributed by atoms with E-state index in [1.807, 2.05) is 6.08 Å². The highest BCUT2D eigenvalue weighted by atomic mass is 16.1. The summed E-state index contributed by atoms with van der Waals surface area (Å²) in [4.78, 5) is 26.3. The van der Waals surface area contributed by atoms with Crippen molar-refractivity contribution in [3.05, 3.63) is 99.7 Å². The highest BCUT2D eigenvalue weighted by Gasteiger charge is 2.37. The molecule has 0 fully saturated rings. The first-order valence-corrected chi connectivity index (χ1v) is 12.8. The van der Waals surface area contributed by atoms with Gasteiger partial charge in [0.2, 0.25) is 0 Å². The first-order valence-electron chi connectivity index (χ1n) is 12.8. The number of allylic oxidation sites excluding steroid dienone is 1. The van der Waals surface area contributed by atoms with Gasteiger partial charge in [-0.15, -0.1) is 0 Å². The smallest absolute Gasteiger partial charge is 0.142 e. The SMILES string of the molecule is CC1(C)c2ccc([nH]2)C(C)(C)c2ccc([nH]2)C(C)(C)c2[nH]c(cc2/C=C/C=O)C(C)(C)c2ccc1[nH]2. The average molecular weight is 483 g/mol. The molecule has 0 aliphatic carbocycles. The third-order valence-corrected chi connectivity index (χ3v) is 8.60. The van der Waals surface area contributed by atoms with Gasteiger partial charge in [-0.3, -0.25) is 4.79 Å². The van der Waals surface area contributed by atoms with Crippen LogP contribution in [0.4, 0.5) is 0 Å². The van der Waals surface area contributed by atoms with E-state index in [2.05, 4.69) is 118 Å². The van der Waals surface area contributed by atoms with E-state index in [4.69, 9.17) is 0 Å². The summed E-state index contributed by atoms with van der Waals surface area (Å²) in [5, 5.41) is 0. The Morgan fingerprint density at radius 1 is 0.528 bits per heavy atom. The van der Waals surface area contributed by atoms with E-state index >= 15 is 0 Å². The van der Waals surface area contributed by atoms with E-state index in [1.54, 1.807) is 6.08 Å². The summed E-state index contributed by atoms with van der Waals surface area (Å²) in [6.07, 6.45) is 4.32. The van der Waals surface area contributed by atoms with Gasteiger partial charge >= 0.3 is 0 Å². The third kappa shape index (κ3) is 3.47. The number of H-pyrrole nitrogens is 4. The Kier molecular flexibility index (Phi) is 5.23. The summed E-state index contributed by atoms with van der Waals surface area (Å²) in [5.41, 5.74) is 9.05. The fourth-order valence-corrected chi connectivity index (χ4v) is 5.54. The molecular weight excluding hydrogens is 444 g/mol. The molecule has 5 heteroatoms. The van der Waals surface area contributed by atoms with Gasteiger partial charge in [-0.1, -0.05) is 0 Å². The summed E-state index contributed by atoms with van der Waals surface area (Å²) in [5.74, 6) is 0. The Morgan fingerprint density at radius 2 is 0.889 bits per heavy atom. The van der Waals surface area contributed by atoms with Crippen molar-refractivity contribution in [1.82, 2.24) is 19.9 Å². The molecule has 188 valence electrons. The predicted molar refractivity (Wildman–Crippen MR) is 147 cm³/mol. The van der Waals surface area contributed by atoms with Gasteiger partial charge in [0.1, 0.15) is 6.29 Å². The van der Waals surface area contributed by atoms with Gasteiger partial charge < -0.3 is 19.9 Å². The van der Waals surface area contributed by atoms with Crippen molar-refractivity contribution in [2.45, 2.75) is 77.0 Å². The molecule has 0 atom stereocenters. The highest BCUT2D eigenvalue weighted by Crippen LogP contribution is 2.42. The van der Waals surface area contributed by atoms with Crippen molar-refractivity contribution in [1.29, 1.82) is 0 Å². The molecular formula is C31H38N4O. The fraction of sp³-hybridized carbons (Fsp3) is 0.387. The molecule has 5 heterocycles. The largest absolute Gasteiger partial charge is 0.361 e. The minimum absolute atomic E-state index is 0.221. The summed E-state index contributed by atoms with van der Waals surface area (Å²) >= 11 is 0. The molecule has 4 N–H and O–H groups in total. The van der Waals surface area contributed by atoms with Crippen LogP contribution in [0, 0.1) is 0 Å². The maximum Gasteiger partial charge on any atom is 0.142 e. The molecule has 0 saturated carbocycles. The molecule has 36 heavy (non-hydrogen) atoms. The lowest BCUT2D eigenvalue weighted by atomic mass is 9.83. The monoisotopic (exact) mass is 482 g/mol. The number of carbonyl (C=O) groups excluding carboxylic acids is 1. The summed E-state index contributed by atoms with van der Waals surface area (Å²) < 4.78 is 0. The molecule has 5 nitrogen and oxygen atoms in total. The van der Waals surface area contributed by atoms with Crippen molar-refractivity contribution < 1.29 is 4.79 Å². The summed E-state index contributed by atoms with van der Waals surface area (Å²) in [6, 6.07) is 15.4. The lowest BCUT2D eigenvalue weighted by Gasteiger charge is -2.28. The maximum atomic E-state index is 11.2. The van der Waals surface area contributed by atoms with E-state index in [-0.39, 0.29) is 21.7 Å². The Balaban J connectivity index is 1.80. The Labute approximate surface area is 213 Å². The number of hydrogen-bond acceptors (Lipinski definition) is 1. The summed E-state index contributed by atoms with van der Waals surface area (Å²) in [6.45, 7) is 17.9. The van der Waals surface area contributed by atoms with Crippen LogP contribution < -0.4 is 0 Å². The minimum Gasteiger partial charge on any atom is -0.361 e. The molecule has 5 rings (SSSR count). The number of carbonyl (C=O) groups is 1. The van der Waals surface area contributed by atoms with E-state index in [9.17, 15) is 4.79 Å². The van der Waals surface area contributed by atoms with Crippen LogP contribution in [0.25, 0.3) is 6.08 Å². The first kappa shape index (κ1) is 24.2. The first-order chi connectivity index (χ1) is 16.8. The maximum absolute atomic E-state index is 11.2. The average Bonchev–Trinajstić information content (AvgIpc) is 3.62. The second kappa shape index (κ2) is 7.76. The zero-order valence-corrected chi connectivity index (χ0v) is 22.7. The molecule has 1 aliphatic heterocycles. The number of fused-ring (bicyclic) bond motifs is 8. The van der Waals surface area contributed by atoms with Crippen LogP contribution in [-0.4, -0.2) is 26.2 Å². The standard InChI is InChI=1S/C31H38N4O/c1-28(2)20-11-12-21(32-20)29(3,4)23-15-16-25(34-23)31(7,8)27-19(10-9-17-36)18-26(35-27)30(5,6)24-14-13-22(28)33-24/h9-18,32-35H,1-8H3/b10-9+. The number of rotatable bonds is 2. The molecule has 0 spiro atoms. The van der Waals surface area contributed by atoms with Crippen molar-refractivity contribution in [3.8, 4) is 0 Å². The summed E-state index contributed by atoms with van der Waals surface area (Å²) in [7, 11) is 0. The molecule has 4 aromatic heterocycles. The van der Waals surface area contributed by atoms with Crippen molar-refractivity contribution in [3.63, 3.8) is 0 Å². The van der Waals surface area contributed by atoms with E-state index < -0.39 is 0 Å². The van der Waals surface area contributed by atoms with Crippen LogP contribution in [0.2, 0.25) is 0 Å². The molecule has 0 radical (unpaired) electrons. The van der Waals surface area contributed by atoms with Crippen molar-refractivity contribution >= 4 is 12.4 Å². The van der Waals surface area contributed by atoms with Gasteiger partial charge in [0, 0.05) is 67.2 Å². The van der Waals surface area contributed by atoms with Crippen molar-refractivity contribution in [2.24, 2.45) is 0 Å². The van der Waals surface area contributed by atoms with Crippen LogP contribution in [0.5, 0.6) is 0 Å². The molecule has 0 unspecified atom stereocenters. The second-order valence-electron chi connectivity index (χ2n) is 12.4. The van der Waals surface area contributed by atoms with Gasteiger partial charge in [0.15, 0.2) is 0 Å². The zero-order chi connectivity index (χ0) is 26.1. The van der Waals surface area contributed by atoms with Crippen LogP contribution >= 0.6 is 0 Å². The normalized spacial score (nSPS) is 19.4.